The van der Waals surface area contributed by atoms with Gasteiger partial charge in [0.1, 0.15) is 0 Å². The number of hydrogen-bond acceptors (Lipinski definition) is 4. The van der Waals surface area contributed by atoms with Gasteiger partial charge >= 0.3 is 0 Å². The van der Waals surface area contributed by atoms with Crippen LogP contribution in [0.15, 0.2) is 42.7 Å². The highest BCUT2D eigenvalue weighted by molar-refractivity contribution is 5.76. The van der Waals surface area contributed by atoms with Crippen molar-refractivity contribution >= 4 is 5.91 Å². The minimum atomic E-state index is -0.0236. The lowest BCUT2D eigenvalue weighted by Crippen LogP contribution is -2.41. The summed E-state index contributed by atoms with van der Waals surface area (Å²) in [6.45, 7) is 3.50. The predicted molar refractivity (Wildman–Crippen MR) is 86.8 cm³/mol. The van der Waals surface area contributed by atoms with Gasteiger partial charge < -0.3 is 15.4 Å². The van der Waals surface area contributed by atoms with Gasteiger partial charge in [0.05, 0.1) is 31.9 Å². The summed E-state index contributed by atoms with van der Waals surface area (Å²) in [4.78, 5) is 11.9. The fraction of sp³-hybridized carbons (Fsp3) is 0.412. The highest BCUT2D eigenvalue weighted by atomic mass is 16.5. The van der Waals surface area contributed by atoms with E-state index in [2.05, 4.69) is 27.9 Å². The SMILES string of the molecule is O=C(C[C@H]1CNCCO1)NCc1cnn(Cc2ccccc2)c1. The number of hydrogen-bond donors (Lipinski definition) is 2. The number of rotatable bonds is 6. The Kier molecular flexibility index (Phi) is 5.39. The summed E-state index contributed by atoms with van der Waals surface area (Å²) in [5.74, 6) is 0.00880. The van der Waals surface area contributed by atoms with E-state index in [1.807, 2.05) is 29.1 Å². The molecule has 1 saturated heterocycles. The average molecular weight is 314 g/mol. The van der Waals surface area contributed by atoms with Crippen molar-refractivity contribution in [2.45, 2.75) is 25.6 Å². The molecule has 0 aliphatic carbocycles. The Balaban J connectivity index is 1.44. The maximum absolute atomic E-state index is 11.9. The molecule has 2 heterocycles. The summed E-state index contributed by atoms with van der Waals surface area (Å²) in [5, 5.41) is 10.5. The van der Waals surface area contributed by atoms with Crippen LogP contribution in [0.25, 0.3) is 0 Å². The van der Waals surface area contributed by atoms with Gasteiger partial charge in [0, 0.05) is 31.4 Å². The van der Waals surface area contributed by atoms with Crippen LogP contribution in [-0.4, -0.2) is 41.5 Å². The standard InChI is InChI=1S/C17H22N4O2/c22-17(8-16-11-18-6-7-23-16)19-9-15-10-20-21(13-15)12-14-4-2-1-3-5-14/h1-5,10,13,16,18H,6-9,11-12H2,(H,19,22)/t16-/m0/s1. The largest absolute Gasteiger partial charge is 0.375 e. The van der Waals surface area contributed by atoms with Crippen LogP contribution in [0.3, 0.4) is 0 Å². The van der Waals surface area contributed by atoms with Crippen molar-refractivity contribution in [3.8, 4) is 0 Å². The van der Waals surface area contributed by atoms with E-state index in [0.717, 1.165) is 25.2 Å². The number of carbonyl (C=O) groups excluding carboxylic acids is 1. The summed E-state index contributed by atoms with van der Waals surface area (Å²) in [7, 11) is 0. The highest BCUT2D eigenvalue weighted by Gasteiger charge is 2.17. The molecule has 6 nitrogen and oxygen atoms in total. The summed E-state index contributed by atoms with van der Waals surface area (Å²) >= 11 is 0. The van der Waals surface area contributed by atoms with Gasteiger partial charge in [0.2, 0.25) is 5.91 Å². The smallest absolute Gasteiger partial charge is 0.222 e. The van der Waals surface area contributed by atoms with E-state index in [-0.39, 0.29) is 12.0 Å². The third kappa shape index (κ3) is 4.91. The van der Waals surface area contributed by atoms with Crippen molar-refractivity contribution in [2.75, 3.05) is 19.7 Å². The molecule has 1 atom stereocenters. The number of morpholine rings is 1. The second-order valence-corrected chi connectivity index (χ2v) is 5.71. The van der Waals surface area contributed by atoms with E-state index < -0.39 is 0 Å². The quantitative estimate of drug-likeness (QED) is 0.832. The first-order valence-electron chi connectivity index (χ1n) is 7.94. The van der Waals surface area contributed by atoms with Crippen LogP contribution in [0.1, 0.15) is 17.5 Å². The molecule has 1 aromatic carbocycles. The first-order chi connectivity index (χ1) is 11.3. The number of nitrogens with zero attached hydrogens (tertiary/aromatic N) is 2. The second kappa shape index (κ2) is 7.89. The van der Waals surface area contributed by atoms with Crippen molar-refractivity contribution in [1.29, 1.82) is 0 Å². The Morgan fingerprint density at radius 1 is 1.35 bits per heavy atom. The predicted octanol–water partition coefficient (Wildman–Crippen LogP) is 0.926. The van der Waals surface area contributed by atoms with Gasteiger partial charge in [-0.1, -0.05) is 30.3 Å². The molecule has 2 N–H and O–H groups in total. The van der Waals surface area contributed by atoms with E-state index in [0.29, 0.717) is 19.6 Å². The van der Waals surface area contributed by atoms with Crippen molar-refractivity contribution in [3.63, 3.8) is 0 Å². The van der Waals surface area contributed by atoms with Gasteiger partial charge in [-0.3, -0.25) is 9.48 Å². The molecule has 1 aromatic heterocycles. The maximum Gasteiger partial charge on any atom is 0.222 e. The van der Waals surface area contributed by atoms with Gasteiger partial charge in [-0.05, 0) is 5.56 Å². The van der Waals surface area contributed by atoms with Gasteiger partial charge in [0.25, 0.3) is 0 Å². The summed E-state index contributed by atoms with van der Waals surface area (Å²) in [5.41, 5.74) is 2.20. The van der Waals surface area contributed by atoms with Crippen molar-refractivity contribution in [3.05, 3.63) is 53.9 Å². The Labute approximate surface area is 135 Å². The zero-order valence-electron chi connectivity index (χ0n) is 13.1. The number of amides is 1. The van der Waals surface area contributed by atoms with E-state index in [4.69, 9.17) is 4.74 Å². The minimum Gasteiger partial charge on any atom is -0.375 e. The number of nitrogens with one attached hydrogen (secondary N) is 2. The third-order valence-corrected chi connectivity index (χ3v) is 3.78. The molecule has 6 heteroatoms. The molecule has 1 amide bonds. The maximum atomic E-state index is 11.9. The fourth-order valence-electron chi connectivity index (χ4n) is 2.59. The molecule has 23 heavy (non-hydrogen) atoms. The number of benzene rings is 1. The van der Waals surface area contributed by atoms with Gasteiger partial charge in [0.15, 0.2) is 0 Å². The number of ether oxygens (including phenoxy) is 1. The lowest BCUT2D eigenvalue weighted by Gasteiger charge is -2.22. The Morgan fingerprint density at radius 3 is 3.00 bits per heavy atom. The fourth-order valence-corrected chi connectivity index (χ4v) is 2.59. The highest BCUT2D eigenvalue weighted by Crippen LogP contribution is 2.05. The lowest BCUT2D eigenvalue weighted by atomic mass is 10.2. The van der Waals surface area contributed by atoms with Crippen molar-refractivity contribution in [1.82, 2.24) is 20.4 Å². The van der Waals surface area contributed by atoms with Gasteiger partial charge in [-0.2, -0.15) is 5.10 Å². The normalized spacial score (nSPS) is 17.8. The van der Waals surface area contributed by atoms with Crippen LogP contribution in [0.4, 0.5) is 0 Å². The van der Waals surface area contributed by atoms with Crippen molar-refractivity contribution < 1.29 is 9.53 Å². The first-order valence-corrected chi connectivity index (χ1v) is 7.94. The average Bonchev–Trinajstić information content (AvgIpc) is 3.02. The number of aromatic nitrogens is 2. The summed E-state index contributed by atoms with van der Waals surface area (Å²) < 4.78 is 7.41. The Morgan fingerprint density at radius 2 is 2.22 bits per heavy atom. The molecule has 1 aliphatic heterocycles. The molecular formula is C17H22N4O2. The summed E-state index contributed by atoms with van der Waals surface area (Å²) in [6, 6.07) is 10.2. The molecule has 122 valence electrons. The summed E-state index contributed by atoms with van der Waals surface area (Å²) in [6.07, 6.45) is 4.13. The molecule has 0 radical (unpaired) electrons. The lowest BCUT2D eigenvalue weighted by molar-refractivity contribution is -0.124. The Bertz CT molecular complexity index is 621. The van der Waals surface area contributed by atoms with Crippen LogP contribution >= 0.6 is 0 Å². The van der Waals surface area contributed by atoms with Crippen LogP contribution < -0.4 is 10.6 Å². The number of carbonyl (C=O) groups is 1. The van der Waals surface area contributed by atoms with E-state index >= 15 is 0 Å². The topological polar surface area (TPSA) is 68.2 Å². The monoisotopic (exact) mass is 314 g/mol. The molecule has 3 rings (SSSR count). The van der Waals surface area contributed by atoms with Crippen LogP contribution in [0, 0.1) is 0 Å². The van der Waals surface area contributed by atoms with Gasteiger partial charge in [-0.15, -0.1) is 0 Å². The molecule has 0 unspecified atom stereocenters. The van der Waals surface area contributed by atoms with Gasteiger partial charge in [-0.25, -0.2) is 0 Å². The first kappa shape index (κ1) is 15.7. The molecular weight excluding hydrogens is 292 g/mol. The minimum absolute atomic E-state index is 0.00880. The third-order valence-electron chi connectivity index (χ3n) is 3.78. The molecule has 1 aliphatic rings. The second-order valence-electron chi connectivity index (χ2n) is 5.71. The van der Waals surface area contributed by atoms with Crippen LogP contribution in [0.2, 0.25) is 0 Å². The van der Waals surface area contributed by atoms with Crippen LogP contribution in [-0.2, 0) is 22.6 Å². The van der Waals surface area contributed by atoms with E-state index in [1.54, 1.807) is 6.20 Å². The molecule has 0 saturated carbocycles. The zero-order chi connectivity index (χ0) is 15.9. The molecule has 0 bridgehead atoms. The zero-order valence-corrected chi connectivity index (χ0v) is 13.1. The van der Waals surface area contributed by atoms with E-state index in [1.165, 1.54) is 5.56 Å². The molecule has 2 aromatic rings. The Hall–Kier alpha value is -2.18. The molecule has 1 fully saturated rings. The van der Waals surface area contributed by atoms with E-state index in [9.17, 15) is 4.79 Å². The van der Waals surface area contributed by atoms with Crippen LogP contribution in [0.5, 0.6) is 0 Å². The van der Waals surface area contributed by atoms with Crippen molar-refractivity contribution in [2.24, 2.45) is 0 Å². The molecule has 0 spiro atoms.